The van der Waals surface area contributed by atoms with Crippen molar-refractivity contribution in [2.45, 2.75) is 25.3 Å². The third-order valence-corrected chi connectivity index (χ3v) is 3.83. The Balaban J connectivity index is 1.85. The molecular weight excluding hydrogens is 244 g/mol. The smallest absolute Gasteiger partial charge is 0.254 e. The molecule has 2 heterocycles. The Morgan fingerprint density at radius 3 is 3.11 bits per heavy atom. The Morgan fingerprint density at radius 2 is 2.32 bits per heavy atom. The number of fused-ring (bicyclic) bond motifs is 1. The molecule has 2 amide bonds. The number of hydrogen-bond donors (Lipinski definition) is 2. The van der Waals surface area contributed by atoms with Crippen LogP contribution in [0.4, 0.5) is 5.69 Å². The summed E-state index contributed by atoms with van der Waals surface area (Å²) in [5.41, 5.74) is 2.26. The van der Waals surface area contributed by atoms with Crippen molar-refractivity contribution < 1.29 is 14.7 Å². The van der Waals surface area contributed by atoms with Crippen molar-refractivity contribution in [2.24, 2.45) is 0 Å². The van der Waals surface area contributed by atoms with Crippen molar-refractivity contribution in [1.82, 2.24) is 4.90 Å². The van der Waals surface area contributed by atoms with E-state index in [2.05, 4.69) is 5.32 Å². The van der Waals surface area contributed by atoms with E-state index in [-0.39, 0.29) is 24.5 Å². The average Bonchev–Trinajstić information content (AvgIpc) is 3.01. The van der Waals surface area contributed by atoms with Crippen LogP contribution in [0.3, 0.4) is 0 Å². The van der Waals surface area contributed by atoms with Crippen LogP contribution in [0.25, 0.3) is 0 Å². The van der Waals surface area contributed by atoms with Gasteiger partial charge in [0.25, 0.3) is 5.91 Å². The molecule has 3 rings (SSSR count). The topological polar surface area (TPSA) is 69.6 Å². The average molecular weight is 260 g/mol. The summed E-state index contributed by atoms with van der Waals surface area (Å²) >= 11 is 0. The van der Waals surface area contributed by atoms with Gasteiger partial charge in [-0.05, 0) is 36.6 Å². The SMILES string of the molecule is O=C1Cc2cc(C(=O)N3CCC[C@@H]3CO)ccc2N1. The van der Waals surface area contributed by atoms with Gasteiger partial charge in [-0.15, -0.1) is 0 Å². The Hall–Kier alpha value is -1.88. The van der Waals surface area contributed by atoms with E-state index in [0.717, 1.165) is 24.1 Å². The number of carbonyl (C=O) groups excluding carboxylic acids is 2. The van der Waals surface area contributed by atoms with E-state index in [9.17, 15) is 14.7 Å². The molecule has 1 fully saturated rings. The highest BCUT2D eigenvalue weighted by molar-refractivity contribution is 6.01. The van der Waals surface area contributed by atoms with Gasteiger partial charge in [0.05, 0.1) is 19.1 Å². The Kier molecular flexibility index (Phi) is 2.98. The van der Waals surface area contributed by atoms with Crippen LogP contribution in [0.5, 0.6) is 0 Å². The van der Waals surface area contributed by atoms with Crippen LogP contribution in [0.2, 0.25) is 0 Å². The number of amides is 2. The zero-order valence-electron chi connectivity index (χ0n) is 10.6. The highest BCUT2D eigenvalue weighted by atomic mass is 16.3. The summed E-state index contributed by atoms with van der Waals surface area (Å²) in [6, 6.07) is 5.22. The van der Waals surface area contributed by atoms with Gasteiger partial charge in [0.1, 0.15) is 0 Å². The molecule has 0 aromatic heterocycles. The third kappa shape index (κ3) is 2.10. The Labute approximate surface area is 111 Å². The number of likely N-dealkylation sites (tertiary alicyclic amines) is 1. The van der Waals surface area contributed by atoms with Crippen molar-refractivity contribution in [3.8, 4) is 0 Å². The molecule has 5 nitrogen and oxygen atoms in total. The van der Waals surface area contributed by atoms with E-state index in [0.29, 0.717) is 18.5 Å². The molecular formula is C14H16N2O3. The van der Waals surface area contributed by atoms with Crippen molar-refractivity contribution in [1.29, 1.82) is 0 Å². The van der Waals surface area contributed by atoms with E-state index >= 15 is 0 Å². The second-order valence-electron chi connectivity index (χ2n) is 5.07. The van der Waals surface area contributed by atoms with Crippen molar-refractivity contribution in [3.63, 3.8) is 0 Å². The van der Waals surface area contributed by atoms with Crippen LogP contribution in [-0.2, 0) is 11.2 Å². The minimum atomic E-state index is -0.0690. The van der Waals surface area contributed by atoms with E-state index in [1.54, 1.807) is 23.1 Å². The summed E-state index contributed by atoms with van der Waals surface area (Å²) in [7, 11) is 0. The second kappa shape index (κ2) is 4.66. The van der Waals surface area contributed by atoms with E-state index in [4.69, 9.17) is 0 Å². The number of carbonyl (C=O) groups is 2. The molecule has 1 atom stereocenters. The van der Waals surface area contributed by atoms with Crippen LogP contribution in [0, 0.1) is 0 Å². The third-order valence-electron chi connectivity index (χ3n) is 3.83. The summed E-state index contributed by atoms with van der Waals surface area (Å²) in [6.07, 6.45) is 2.12. The summed E-state index contributed by atoms with van der Waals surface area (Å²) in [5, 5.41) is 12.0. The summed E-state index contributed by atoms with van der Waals surface area (Å²) in [6.45, 7) is 0.703. The van der Waals surface area contributed by atoms with Crippen LogP contribution < -0.4 is 5.32 Å². The highest BCUT2D eigenvalue weighted by Crippen LogP contribution is 2.26. The molecule has 1 saturated heterocycles. The molecule has 5 heteroatoms. The first-order chi connectivity index (χ1) is 9.19. The summed E-state index contributed by atoms with van der Waals surface area (Å²) in [4.78, 5) is 25.4. The van der Waals surface area contributed by atoms with Gasteiger partial charge in [-0.25, -0.2) is 0 Å². The quantitative estimate of drug-likeness (QED) is 0.825. The van der Waals surface area contributed by atoms with Crippen LogP contribution in [0.1, 0.15) is 28.8 Å². The minimum Gasteiger partial charge on any atom is -0.394 e. The zero-order chi connectivity index (χ0) is 13.4. The molecule has 2 N–H and O–H groups in total. The number of rotatable bonds is 2. The molecule has 0 unspecified atom stereocenters. The van der Waals surface area contributed by atoms with Gasteiger partial charge in [0, 0.05) is 17.8 Å². The zero-order valence-corrected chi connectivity index (χ0v) is 10.6. The lowest BCUT2D eigenvalue weighted by molar-refractivity contribution is -0.115. The molecule has 1 aromatic carbocycles. The van der Waals surface area contributed by atoms with Crippen LogP contribution in [0.15, 0.2) is 18.2 Å². The number of hydrogen-bond acceptors (Lipinski definition) is 3. The number of nitrogens with zero attached hydrogens (tertiary/aromatic N) is 1. The Morgan fingerprint density at radius 1 is 1.47 bits per heavy atom. The number of aliphatic hydroxyl groups excluding tert-OH is 1. The molecule has 2 aliphatic rings. The molecule has 2 aliphatic heterocycles. The first-order valence-corrected chi connectivity index (χ1v) is 6.53. The molecule has 0 bridgehead atoms. The van der Waals surface area contributed by atoms with Gasteiger partial charge >= 0.3 is 0 Å². The van der Waals surface area contributed by atoms with Gasteiger partial charge < -0.3 is 15.3 Å². The molecule has 0 radical (unpaired) electrons. The minimum absolute atomic E-state index is 0.0106. The first-order valence-electron chi connectivity index (χ1n) is 6.53. The van der Waals surface area contributed by atoms with Gasteiger partial charge in [0.2, 0.25) is 5.91 Å². The lowest BCUT2D eigenvalue weighted by Crippen LogP contribution is -2.37. The predicted molar refractivity (Wildman–Crippen MR) is 69.9 cm³/mol. The lowest BCUT2D eigenvalue weighted by Gasteiger charge is -2.23. The maximum absolute atomic E-state index is 12.4. The van der Waals surface area contributed by atoms with Gasteiger partial charge in [-0.2, -0.15) is 0 Å². The molecule has 0 aliphatic carbocycles. The monoisotopic (exact) mass is 260 g/mol. The van der Waals surface area contributed by atoms with Crippen molar-refractivity contribution >= 4 is 17.5 Å². The molecule has 1 aromatic rings. The van der Waals surface area contributed by atoms with E-state index in [1.165, 1.54) is 0 Å². The fourth-order valence-corrected chi connectivity index (χ4v) is 2.82. The fraction of sp³-hybridized carbons (Fsp3) is 0.429. The highest BCUT2D eigenvalue weighted by Gasteiger charge is 2.29. The number of aliphatic hydroxyl groups is 1. The largest absolute Gasteiger partial charge is 0.394 e. The number of nitrogens with one attached hydrogen (secondary N) is 1. The first kappa shape index (κ1) is 12.2. The molecule has 0 spiro atoms. The van der Waals surface area contributed by atoms with E-state index < -0.39 is 0 Å². The fourth-order valence-electron chi connectivity index (χ4n) is 2.82. The number of anilines is 1. The molecule has 19 heavy (non-hydrogen) atoms. The number of benzene rings is 1. The standard InChI is InChI=1S/C14H16N2O3/c17-8-11-2-1-5-16(11)14(19)9-3-4-12-10(6-9)7-13(18)15-12/h3-4,6,11,17H,1-2,5,7-8H2,(H,15,18)/t11-/m1/s1. The van der Waals surface area contributed by atoms with Crippen LogP contribution >= 0.6 is 0 Å². The van der Waals surface area contributed by atoms with Crippen molar-refractivity contribution in [2.75, 3.05) is 18.5 Å². The summed E-state index contributed by atoms with van der Waals surface area (Å²) < 4.78 is 0. The predicted octanol–water partition coefficient (Wildman–Crippen LogP) is 0.778. The van der Waals surface area contributed by atoms with Crippen molar-refractivity contribution in [3.05, 3.63) is 29.3 Å². The van der Waals surface area contributed by atoms with Crippen LogP contribution in [-0.4, -0.2) is 41.0 Å². The maximum Gasteiger partial charge on any atom is 0.254 e. The maximum atomic E-state index is 12.4. The lowest BCUT2D eigenvalue weighted by atomic mass is 10.1. The molecule has 100 valence electrons. The second-order valence-corrected chi connectivity index (χ2v) is 5.07. The normalized spacial score (nSPS) is 21.4. The van der Waals surface area contributed by atoms with E-state index in [1.807, 2.05) is 0 Å². The molecule has 0 saturated carbocycles. The van der Waals surface area contributed by atoms with Gasteiger partial charge in [-0.3, -0.25) is 9.59 Å². The summed E-state index contributed by atoms with van der Waals surface area (Å²) in [5.74, 6) is -0.0901. The van der Waals surface area contributed by atoms with Gasteiger partial charge in [0.15, 0.2) is 0 Å². The van der Waals surface area contributed by atoms with Gasteiger partial charge in [-0.1, -0.05) is 0 Å². The Bertz CT molecular complexity index is 541.